The van der Waals surface area contributed by atoms with Gasteiger partial charge in [-0.25, -0.2) is 4.98 Å². The monoisotopic (exact) mass is 340 g/mol. The van der Waals surface area contributed by atoms with Crippen molar-refractivity contribution in [3.8, 4) is 0 Å². The van der Waals surface area contributed by atoms with E-state index in [9.17, 15) is 4.79 Å². The lowest BCUT2D eigenvalue weighted by Gasteiger charge is -2.34. The van der Waals surface area contributed by atoms with Crippen LogP contribution in [0.2, 0.25) is 0 Å². The predicted molar refractivity (Wildman–Crippen MR) is 98.0 cm³/mol. The van der Waals surface area contributed by atoms with Crippen LogP contribution >= 0.6 is 11.3 Å². The number of amides is 1. The van der Waals surface area contributed by atoms with Crippen molar-refractivity contribution in [3.63, 3.8) is 0 Å². The molecule has 0 saturated carbocycles. The Kier molecular flexibility index (Phi) is 3.76. The van der Waals surface area contributed by atoms with Crippen molar-refractivity contribution in [2.24, 2.45) is 0 Å². The molecule has 1 aliphatic rings. The highest BCUT2D eigenvalue weighted by Crippen LogP contribution is 2.22. The Labute approximate surface area is 144 Å². The summed E-state index contributed by atoms with van der Waals surface area (Å²) >= 11 is 1.67. The minimum absolute atomic E-state index is 0.0822. The van der Waals surface area contributed by atoms with Gasteiger partial charge in [0.05, 0.1) is 5.69 Å². The topological polar surface area (TPSA) is 52.2 Å². The number of carbonyl (C=O) groups excluding carboxylic acids is 1. The van der Waals surface area contributed by atoms with Crippen LogP contribution in [0.3, 0.4) is 0 Å². The number of carbonyl (C=O) groups is 1. The minimum atomic E-state index is 0.0822. The van der Waals surface area contributed by atoms with Crippen LogP contribution in [0.25, 0.3) is 10.9 Å². The number of fused-ring (bicyclic) bond motifs is 1. The van der Waals surface area contributed by atoms with Gasteiger partial charge in [-0.2, -0.15) is 0 Å². The molecule has 0 unspecified atom stereocenters. The summed E-state index contributed by atoms with van der Waals surface area (Å²) in [5.41, 5.74) is 3.95. The van der Waals surface area contributed by atoms with E-state index >= 15 is 0 Å². The standard InChI is InChI=1S/C18H20N4OS/c1-12-3-4-14-10-16(20-15(14)9-12)17(23)21-5-7-22(8-6-21)18-19-13(2)11-24-18/h3-4,9-11,20H,5-8H2,1-2H3. The van der Waals surface area contributed by atoms with Gasteiger partial charge < -0.3 is 14.8 Å². The number of hydrogen-bond acceptors (Lipinski definition) is 4. The Balaban J connectivity index is 1.47. The highest BCUT2D eigenvalue weighted by Gasteiger charge is 2.24. The predicted octanol–water partition coefficient (Wildman–Crippen LogP) is 3.20. The average molecular weight is 340 g/mol. The van der Waals surface area contributed by atoms with Gasteiger partial charge in [-0.15, -0.1) is 11.3 Å². The summed E-state index contributed by atoms with van der Waals surface area (Å²) in [4.78, 5) is 24.7. The fourth-order valence-corrected chi connectivity index (χ4v) is 3.97. The second-order valence-electron chi connectivity index (χ2n) is 6.32. The van der Waals surface area contributed by atoms with Crippen LogP contribution < -0.4 is 4.90 Å². The first-order valence-electron chi connectivity index (χ1n) is 8.16. The highest BCUT2D eigenvalue weighted by atomic mass is 32.1. The summed E-state index contributed by atoms with van der Waals surface area (Å²) in [5, 5.41) is 4.21. The van der Waals surface area contributed by atoms with Gasteiger partial charge in [0.25, 0.3) is 5.91 Å². The zero-order chi connectivity index (χ0) is 16.7. The van der Waals surface area contributed by atoms with E-state index in [-0.39, 0.29) is 5.91 Å². The van der Waals surface area contributed by atoms with Crippen LogP contribution in [0.15, 0.2) is 29.6 Å². The van der Waals surface area contributed by atoms with Crippen LogP contribution in [0.4, 0.5) is 5.13 Å². The van der Waals surface area contributed by atoms with E-state index in [1.54, 1.807) is 11.3 Å². The van der Waals surface area contributed by atoms with E-state index in [1.165, 1.54) is 5.56 Å². The van der Waals surface area contributed by atoms with Gasteiger partial charge in [0.1, 0.15) is 5.69 Å². The van der Waals surface area contributed by atoms with Crippen molar-refractivity contribution in [1.82, 2.24) is 14.9 Å². The number of aryl methyl sites for hydroxylation is 2. The van der Waals surface area contributed by atoms with Crippen LogP contribution in [0, 0.1) is 13.8 Å². The van der Waals surface area contributed by atoms with Gasteiger partial charge >= 0.3 is 0 Å². The third-order valence-corrected chi connectivity index (χ3v) is 5.47. The van der Waals surface area contributed by atoms with E-state index in [2.05, 4.69) is 45.4 Å². The molecule has 0 bridgehead atoms. The van der Waals surface area contributed by atoms with Crippen molar-refractivity contribution in [2.75, 3.05) is 31.1 Å². The number of thiazole rings is 1. The second kappa shape index (κ2) is 5.94. The second-order valence-corrected chi connectivity index (χ2v) is 7.16. The molecule has 4 rings (SSSR count). The molecule has 0 atom stereocenters. The summed E-state index contributed by atoms with van der Waals surface area (Å²) < 4.78 is 0. The lowest BCUT2D eigenvalue weighted by molar-refractivity contribution is 0.0742. The number of rotatable bonds is 2. The zero-order valence-corrected chi connectivity index (χ0v) is 14.7. The molecular formula is C18H20N4OS. The molecular weight excluding hydrogens is 320 g/mol. The van der Waals surface area contributed by atoms with Crippen molar-refractivity contribution in [2.45, 2.75) is 13.8 Å². The molecule has 2 aromatic heterocycles. The lowest BCUT2D eigenvalue weighted by Crippen LogP contribution is -2.48. The molecule has 1 aromatic carbocycles. The Morgan fingerprint density at radius 3 is 2.67 bits per heavy atom. The number of piperazine rings is 1. The normalized spacial score (nSPS) is 15.2. The van der Waals surface area contributed by atoms with Crippen LogP contribution in [-0.4, -0.2) is 47.0 Å². The first-order valence-corrected chi connectivity index (χ1v) is 9.04. The summed E-state index contributed by atoms with van der Waals surface area (Å²) in [7, 11) is 0. The summed E-state index contributed by atoms with van der Waals surface area (Å²) in [6.07, 6.45) is 0. The van der Waals surface area contributed by atoms with Gasteiger partial charge in [0, 0.05) is 42.5 Å². The van der Waals surface area contributed by atoms with Gasteiger partial charge in [-0.1, -0.05) is 12.1 Å². The van der Waals surface area contributed by atoms with Gasteiger partial charge in [-0.05, 0) is 31.5 Å². The molecule has 1 N–H and O–H groups in total. The van der Waals surface area contributed by atoms with Gasteiger partial charge in [-0.3, -0.25) is 4.79 Å². The maximum Gasteiger partial charge on any atom is 0.270 e. The minimum Gasteiger partial charge on any atom is -0.351 e. The molecule has 24 heavy (non-hydrogen) atoms. The number of benzene rings is 1. The van der Waals surface area contributed by atoms with Crippen molar-refractivity contribution < 1.29 is 4.79 Å². The molecule has 0 radical (unpaired) electrons. The van der Waals surface area contributed by atoms with E-state index in [0.29, 0.717) is 5.69 Å². The van der Waals surface area contributed by atoms with Gasteiger partial charge in [0.2, 0.25) is 0 Å². The number of H-pyrrole nitrogens is 1. The van der Waals surface area contributed by atoms with Crippen LogP contribution in [0.1, 0.15) is 21.7 Å². The number of aromatic amines is 1. The summed E-state index contributed by atoms with van der Waals surface area (Å²) in [5.74, 6) is 0.0822. The van der Waals surface area contributed by atoms with E-state index in [0.717, 1.165) is 47.9 Å². The zero-order valence-electron chi connectivity index (χ0n) is 13.9. The molecule has 5 nitrogen and oxygen atoms in total. The molecule has 3 heterocycles. The fourth-order valence-electron chi connectivity index (χ4n) is 3.11. The van der Waals surface area contributed by atoms with Crippen molar-refractivity contribution in [3.05, 3.63) is 46.6 Å². The number of anilines is 1. The fraction of sp³-hybridized carbons (Fsp3) is 0.333. The molecule has 3 aromatic rings. The maximum atomic E-state index is 12.8. The highest BCUT2D eigenvalue weighted by molar-refractivity contribution is 7.13. The number of nitrogens with one attached hydrogen (secondary N) is 1. The molecule has 1 fully saturated rings. The van der Waals surface area contributed by atoms with E-state index in [1.807, 2.05) is 17.9 Å². The Hall–Kier alpha value is -2.34. The smallest absolute Gasteiger partial charge is 0.270 e. The molecule has 0 spiro atoms. The number of hydrogen-bond donors (Lipinski definition) is 1. The van der Waals surface area contributed by atoms with Gasteiger partial charge in [0.15, 0.2) is 5.13 Å². The molecule has 124 valence electrons. The molecule has 0 aliphatic carbocycles. The molecule has 1 aliphatic heterocycles. The summed E-state index contributed by atoms with van der Waals surface area (Å²) in [6.45, 7) is 7.19. The van der Waals surface area contributed by atoms with Crippen LogP contribution in [-0.2, 0) is 0 Å². The van der Waals surface area contributed by atoms with Crippen molar-refractivity contribution in [1.29, 1.82) is 0 Å². The maximum absolute atomic E-state index is 12.8. The number of nitrogens with zero attached hydrogens (tertiary/aromatic N) is 3. The SMILES string of the molecule is Cc1ccc2cc(C(=O)N3CCN(c4nc(C)cs4)CC3)[nH]c2c1. The lowest BCUT2D eigenvalue weighted by atomic mass is 10.2. The largest absolute Gasteiger partial charge is 0.351 e. The third-order valence-electron chi connectivity index (χ3n) is 4.45. The quantitative estimate of drug-likeness (QED) is 0.779. The summed E-state index contributed by atoms with van der Waals surface area (Å²) in [6, 6.07) is 8.16. The first kappa shape index (κ1) is 15.2. The average Bonchev–Trinajstić information content (AvgIpc) is 3.20. The first-order chi connectivity index (χ1) is 11.6. The van der Waals surface area contributed by atoms with E-state index < -0.39 is 0 Å². The Morgan fingerprint density at radius 2 is 1.96 bits per heavy atom. The third kappa shape index (κ3) is 2.78. The Morgan fingerprint density at radius 1 is 1.17 bits per heavy atom. The Bertz CT molecular complexity index is 889. The van der Waals surface area contributed by atoms with Crippen molar-refractivity contribution >= 4 is 33.3 Å². The molecule has 1 amide bonds. The van der Waals surface area contributed by atoms with Crippen LogP contribution in [0.5, 0.6) is 0 Å². The number of aromatic nitrogens is 2. The molecule has 1 saturated heterocycles. The molecule has 6 heteroatoms. The van der Waals surface area contributed by atoms with E-state index in [4.69, 9.17) is 0 Å².